The number of ether oxygens (including phenoxy) is 1. The molecule has 0 aliphatic rings. The molecule has 0 N–H and O–H groups in total. The van der Waals surface area contributed by atoms with Gasteiger partial charge in [-0.05, 0) is 34.1 Å². The van der Waals surface area contributed by atoms with Crippen molar-refractivity contribution < 1.29 is 9.53 Å². The van der Waals surface area contributed by atoms with E-state index < -0.39 is 0 Å². The summed E-state index contributed by atoms with van der Waals surface area (Å²) in [6.45, 7) is 0. The lowest BCUT2D eigenvalue weighted by Crippen LogP contribution is -1.90. The summed E-state index contributed by atoms with van der Waals surface area (Å²) in [6.07, 6.45) is 2.49. The van der Waals surface area contributed by atoms with Gasteiger partial charge in [-0.25, -0.2) is 0 Å². The van der Waals surface area contributed by atoms with E-state index in [1.165, 1.54) is 0 Å². The average molecular weight is 266 g/mol. The number of hydrogen-bond acceptors (Lipinski definition) is 3. The van der Waals surface area contributed by atoms with E-state index in [0.29, 0.717) is 11.3 Å². The monoisotopic (exact) mass is 265 g/mol. The van der Waals surface area contributed by atoms with Gasteiger partial charge in [-0.15, -0.1) is 0 Å². The largest absolute Gasteiger partial charge is 0.494 e. The van der Waals surface area contributed by atoms with E-state index in [1.807, 2.05) is 6.07 Å². The maximum Gasteiger partial charge on any atom is 0.150 e. The second-order valence-electron chi connectivity index (χ2n) is 3.07. The number of benzene rings is 1. The van der Waals surface area contributed by atoms with Gasteiger partial charge in [0.05, 0.1) is 7.11 Å². The van der Waals surface area contributed by atoms with Crippen molar-refractivity contribution in [1.29, 1.82) is 0 Å². The third-order valence-corrected chi connectivity index (χ3v) is 2.53. The third-order valence-electron chi connectivity index (χ3n) is 2.09. The van der Waals surface area contributed by atoms with Crippen LogP contribution in [0.3, 0.4) is 0 Å². The standard InChI is InChI=1S/C11H8BrNO2/c1-15-10-3-7(6-14)2-8-4-9(12)5-13-11(8)10/h2-6H,1H3. The van der Waals surface area contributed by atoms with Crippen LogP contribution in [-0.4, -0.2) is 18.4 Å². The minimum absolute atomic E-state index is 0.583. The molecule has 3 nitrogen and oxygen atoms in total. The van der Waals surface area contributed by atoms with Crippen molar-refractivity contribution in [2.24, 2.45) is 0 Å². The molecule has 1 aromatic heterocycles. The fourth-order valence-electron chi connectivity index (χ4n) is 1.44. The minimum atomic E-state index is 0.583. The molecule has 0 saturated heterocycles. The summed E-state index contributed by atoms with van der Waals surface area (Å²) in [5.41, 5.74) is 1.34. The Balaban J connectivity index is 2.80. The van der Waals surface area contributed by atoms with E-state index in [2.05, 4.69) is 20.9 Å². The first-order valence-electron chi connectivity index (χ1n) is 4.33. The molecule has 2 rings (SSSR count). The van der Waals surface area contributed by atoms with E-state index >= 15 is 0 Å². The van der Waals surface area contributed by atoms with Crippen LogP contribution in [0.2, 0.25) is 0 Å². The van der Waals surface area contributed by atoms with E-state index in [-0.39, 0.29) is 0 Å². The Kier molecular flexibility index (Phi) is 2.68. The Labute approximate surface area is 95.2 Å². The van der Waals surface area contributed by atoms with Gasteiger partial charge in [-0.3, -0.25) is 9.78 Å². The van der Waals surface area contributed by atoms with Crippen LogP contribution in [0.25, 0.3) is 10.9 Å². The Morgan fingerprint density at radius 2 is 2.20 bits per heavy atom. The highest BCUT2D eigenvalue weighted by atomic mass is 79.9. The Morgan fingerprint density at radius 3 is 2.87 bits per heavy atom. The summed E-state index contributed by atoms with van der Waals surface area (Å²) < 4.78 is 6.05. The normalized spacial score (nSPS) is 10.3. The lowest BCUT2D eigenvalue weighted by atomic mass is 10.1. The lowest BCUT2D eigenvalue weighted by Gasteiger charge is -2.05. The van der Waals surface area contributed by atoms with Gasteiger partial charge in [0.25, 0.3) is 0 Å². The molecule has 1 heterocycles. The quantitative estimate of drug-likeness (QED) is 0.784. The van der Waals surface area contributed by atoms with Crippen LogP contribution in [0.15, 0.2) is 28.9 Å². The SMILES string of the molecule is COc1cc(C=O)cc2cc(Br)cnc12. The Bertz CT molecular complexity index is 525. The first-order chi connectivity index (χ1) is 7.24. The van der Waals surface area contributed by atoms with Crippen LogP contribution in [-0.2, 0) is 0 Å². The molecule has 0 saturated carbocycles. The van der Waals surface area contributed by atoms with Crippen molar-refractivity contribution in [3.63, 3.8) is 0 Å². The number of methoxy groups -OCH3 is 1. The van der Waals surface area contributed by atoms with Crippen LogP contribution in [0, 0.1) is 0 Å². The molecular formula is C11H8BrNO2. The molecule has 1 aromatic carbocycles. The second kappa shape index (κ2) is 3.98. The molecule has 2 aromatic rings. The van der Waals surface area contributed by atoms with Gasteiger partial charge in [-0.1, -0.05) is 0 Å². The van der Waals surface area contributed by atoms with Crippen molar-refractivity contribution in [2.45, 2.75) is 0 Å². The fourth-order valence-corrected chi connectivity index (χ4v) is 1.78. The summed E-state index contributed by atoms with van der Waals surface area (Å²) in [5.74, 6) is 0.613. The number of hydrogen-bond donors (Lipinski definition) is 0. The molecule has 76 valence electrons. The molecule has 15 heavy (non-hydrogen) atoms. The van der Waals surface area contributed by atoms with Crippen LogP contribution in [0.5, 0.6) is 5.75 Å². The summed E-state index contributed by atoms with van der Waals surface area (Å²) in [4.78, 5) is 15.0. The zero-order valence-electron chi connectivity index (χ0n) is 8.03. The lowest BCUT2D eigenvalue weighted by molar-refractivity contribution is 0.112. The number of fused-ring (bicyclic) bond motifs is 1. The number of pyridine rings is 1. The number of halogens is 1. The minimum Gasteiger partial charge on any atom is -0.494 e. The molecule has 0 unspecified atom stereocenters. The highest BCUT2D eigenvalue weighted by Crippen LogP contribution is 2.26. The van der Waals surface area contributed by atoms with Gasteiger partial charge >= 0.3 is 0 Å². The predicted octanol–water partition coefficient (Wildman–Crippen LogP) is 2.82. The van der Waals surface area contributed by atoms with E-state index in [4.69, 9.17) is 4.74 Å². The van der Waals surface area contributed by atoms with Crippen LogP contribution in [0.1, 0.15) is 10.4 Å². The van der Waals surface area contributed by atoms with E-state index in [9.17, 15) is 4.79 Å². The first kappa shape index (κ1) is 10.1. The molecule has 0 atom stereocenters. The van der Waals surface area contributed by atoms with Gasteiger partial charge in [0.15, 0.2) is 0 Å². The number of carbonyl (C=O) groups excluding carboxylic acids is 1. The van der Waals surface area contributed by atoms with E-state index in [0.717, 1.165) is 21.7 Å². The van der Waals surface area contributed by atoms with Crippen LogP contribution >= 0.6 is 15.9 Å². The molecule has 0 aliphatic carbocycles. The summed E-state index contributed by atoms with van der Waals surface area (Å²) >= 11 is 3.33. The van der Waals surface area contributed by atoms with Gasteiger partial charge in [-0.2, -0.15) is 0 Å². The smallest absolute Gasteiger partial charge is 0.150 e. The molecule has 4 heteroatoms. The molecule has 0 aliphatic heterocycles. The van der Waals surface area contributed by atoms with Crippen LogP contribution < -0.4 is 4.74 Å². The third kappa shape index (κ3) is 1.85. The van der Waals surface area contributed by atoms with Crippen molar-refractivity contribution in [3.05, 3.63) is 34.4 Å². The number of nitrogens with zero attached hydrogens (tertiary/aromatic N) is 1. The predicted molar refractivity (Wildman–Crippen MR) is 61.4 cm³/mol. The van der Waals surface area contributed by atoms with E-state index in [1.54, 1.807) is 25.4 Å². The second-order valence-corrected chi connectivity index (χ2v) is 3.98. The van der Waals surface area contributed by atoms with Gasteiger partial charge < -0.3 is 4.74 Å². The zero-order valence-corrected chi connectivity index (χ0v) is 9.61. The summed E-state index contributed by atoms with van der Waals surface area (Å²) in [5, 5.41) is 0.880. The number of carbonyl (C=O) groups is 1. The van der Waals surface area contributed by atoms with Crippen molar-refractivity contribution in [3.8, 4) is 5.75 Å². The van der Waals surface area contributed by atoms with Gasteiger partial charge in [0, 0.05) is 21.6 Å². The number of rotatable bonds is 2. The molecule has 0 fully saturated rings. The molecular weight excluding hydrogens is 258 g/mol. The maximum atomic E-state index is 10.7. The molecule has 0 radical (unpaired) electrons. The first-order valence-corrected chi connectivity index (χ1v) is 5.12. The van der Waals surface area contributed by atoms with Crippen molar-refractivity contribution in [2.75, 3.05) is 7.11 Å². The number of aromatic nitrogens is 1. The average Bonchev–Trinajstić information content (AvgIpc) is 2.26. The maximum absolute atomic E-state index is 10.7. The highest BCUT2D eigenvalue weighted by molar-refractivity contribution is 9.10. The molecule has 0 amide bonds. The molecule has 0 spiro atoms. The van der Waals surface area contributed by atoms with Gasteiger partial charge in [0.1, 0.15) is 17.6 Å². The van der Waals surface area contributed by atoms with Crippen molar-refractivity contribution in [1.82, 2.24) is 4.98 Å². The topological polar surface area (TPSA) is 39.2 Å². The summed E-state index contributed by atoms with van der Waals surface area (Å²) in [7, 11) is 1.56. The summed E-state index contributed by atoms with van der Waals surface area (Å²) in [6, 6.07) is 5.36. The highest BCUT2D eigenvalue weighted by Gasteiger charge is 2.05. The Hall–Kier alpha value is -1.42. The molecule has 0 bridgehead atoms. The fraction of sp³-hybridized carbons (Fsp3) is 0.0909. The van der Waals surface area contributed by atoms with Crippen LogP contribution in [0.4, 0.5) is 0 Å². The number of aldehydes is 1. The Morgan fingerprint density at radius 1 is 1.40 bits per heavy atom. The van der Waals surface area contributed by atoms with Crippen molar-refractivity contribution >= 4 is 33.1 Å². The zero-order chi connectivity index (χ0) is 10.8. The van der Waals surface area contributed by atoms with Gasteiger partial charge in [0.2, 0.25) is 0 Å².